The number of halogens is 1. The molecule has 2 aliphatic heterocycles. The second-order valence-electron chi connectivity index (χ2n) is 7.05. The molecule has 0 bridgehead atoms. The van der Waals surface area contributed by atoms with Gasteiger partial charge < -0.3 is 16.0 Å². The van der Waals surface area contributed by atoms with Gasteiger partial charge in [-0.1, -0.05) is 11.6 Å². The quantitative estimate of drug-likeness (QED) is 0.558. The summed E-state index contributed by atoms with van der Waals surface area (Å²) in [7, 11) is 0. The van der Waals surface area contributed by atoms with E-state index in [1.54, 1.807) is 17.0 Å². The molecule has 8 heteroatoms. The zero-order valence-electron chi connectivity index (χ0n) is 13.6. The van der Waals surface area contributed by atoms with Crippen molar-refractivity contribution in [3.05, 3.63) is 28.3 Å². The SMILES string of the molecule is Nc1cc2c(cc1Cl)CN(C(=O)CCC1(C3CC3)NC(=O)NC1=O)C2. The number of hydrogen-bond acceptors (Lipinski definition) is 4. The minimum absolute atomic E-state index is 0.0418. The summed E-state index contributed by atoms with van der Waals surface area (Å²) in [5.74, 6) is -0.224. The van der Waals surface area contributed by atoms with Gasteiger partial charge >= 0.3 is 6.03 Å². The second kappa shape index (κ2) is 5.62. The van der Waals surface area contributed by atoms with Crippen LogP contribution in [0.4, 0.5) is 10.5 Å². The molecular formula is C17H19ClN4O3. The van der Waals surface area contributed by atoms with Gasteiger partial charge in [-0.2, -0.15) is 0 Å². The normalized spacial score (nSPS) is 24.9. The third-order valence-electron chi connectivity index (χ3n) is 5.37. The van der Waals surface area contributed by atoms with Gasteiger partial charge in [0, 0.05) is 19.5 Å². The average Bonchev–Trinajstić information content (AvgIpc) is 3.27. The van der Waals surface area contributed by atoms with E-state index in [4.69, 9.17) is 17.3 Å². The highest BCUT2D eigenvalue weighted by Gasteiger charge is 2.55. The fraction of sp³-hybridized carbons (Fsp3) is 0.471. The van der Waals surface area contributed by atoms with Crippen LogP contribution < -0.4 is 16.4 Å². The van der Waals surface area contributed by atoms with E-state index >= 15 is 0 Å². The second-order valence-corrected chi connectivity index (χ2v) is 7.45. The van der Waals surface area contributed by atoms with Crippen molar-refractivity contribution in [2.75, 3.05) is 5.73 Å². The van der Waals surface area contributed by atoms with E-state index < -0.39 is 11.6 Å². The third-order valence-corrected chi connectivity index (χ3v) is 5.70. The predicted octanol–water partition coefficient (Wildman–Crippen LogP) is 1.53. The van der Waals surface area contributed by atoms with Crippen LogP contribution in [0.15, 0.2) is 12.1 Å². The molecule has 25 heavy (non-hydrogen) atoms. The number of nitrogens with two attached hydrogens (primary N) is 1. The fourth-order valence-electron chi connectivity index (χ4n) is 3.83. The number of rotatable bonds is 4. The number of amides is 4. The molecule has 7 nitrogen and oxygen atoms in total. The summed E-state index contributed by atoms with van der Waals surface area (Å²) < 4.78 is 0. The van der Waals surface area contributed by atoms with Crippen LogP contribution in [-0.2, 0) is 22.7 Å². The van der Waals surface area contributed by atoms with Gasteiger partial charge in [-0.3, -0.25) is 14.9 Å². The smallest absolute Gasteiger partial charge is 0.322 e. The molecule has 4 amide bonds. The van der Waals surface area contributed by atoms with E-state index in [-0.39, 0.29) is 24.2 Å². The van der Waals surface area contributed by atoms with Crippen molar-refractivity contribution in [3.63, 3.8) is 0 Å². The molecule has 2 heterocycles. The maximum atomic E-state index is 12.6. The van der Waals surface area contributed by atoms with Crippen LogP contribution in [-0.4, -0.2) is 28.3 Å². The Bertz CT molecular complexity index is 761. The Balaban J connectivity index is 1.43. The van der Waals surface area contributed by atoms with E-state index in [9.17, 15) is 14.4 Å². The number of hydrogen-bond donors (Lipinski definition) is 3. The molecule has 1 saturated heterocycles. The van der Waals surface area contributed by atoms with Crippen LogP contribution in [0.5, 0.6) is 0 Å². The molecule has 1 unspecified atom stereocenters. The molecule has 4 rings (SSSR count). The number of imide groups is 1. The number of anilines is 1. The van der Waals surface area contributed by atoms with Crippen molar-refractivity contribution in [1.29, 1.82) is 0 Å². The molecule has 0 radical (unpaired) electrons. The molecule has 0 spiro atoms. The predicted molar refractivity (Wildman–Crippen MR) is 91.5 cm³/mol. The lowest BCUT2D eigenvalue weighted by Gasteiger charge is -2.26. The number of nitrogens with zero attached hydrogens (tertiary/aromatic N) is 1. The lowest BCUT2D eigenvalue weighted by molar-refractivity contribution is -0.133. The van der Waals surface area contributed by atoms with E-state index in [2.05, 4.69) is 10.6 Å². The van der Waals surface area contributed by atoms with Crippen LogP contribution in [0.25, 0.3) is 0 Å². The molecule has 1 aromatic rings. The van der Waals surface area contributed by atoms with Crippen molar-refractivity contribution in [2.45, 2.75) is 44.3 Å². The van der Waals surface area contributed by atoms with Crippen molar-refractivity contribution >= 4 is 35.1 Å². The first-order valence-corrected chi connectivity index (χ1v) is 8.75. The number of fused-ring (bicyclic) bond motifs is 1. The number of carbonyl (C=O) groups is 3. The first kappa shape index (κ1) is 16.2. The van der Waals surface area contributed by atoms with Crippen LogP contribution in [0.2, 0.25) is 5.02 Å². The monoisotopic (exact) mass is 362 g/mol. The Morgan fingerprint density at radius 3 is 2.56 bits per heavy atom. The fourth-order valence-corrected chi connectivity index (χ4v) is 4.01. The third kappa shape index (κ3) is 2.72. The van der Waals surface area contributed by atoms with Gasteiger partial charge in [0.1, 0.15) is 5.54 Å². The summed E-state index contributed by atoms with van der Waals surface area (Å²) in [6, 6.07) is 3.14. The number of carbonyl (C=O) groups excluding carboxylic acids is 3. The average molecular weight is 363 g/mol. The lowest BCUT2D eigenvalue weighted by atomic mass is 9.88. The van der Waals surface area contributed by atoms with Crippen molar-refractivity contribution < 1.29 is 14.4 Å². The lowest BCUT2D eigenvalue weighted by Crippen LogP contribution is -2.49. The van der Waals surface area contributed by atoms with Gasteiger partial charge in [0.05, 0.1) is 10.7 Å². The summed E-state index contributed by atoms with van der Waals surface area (Å²) in [5, 5.41) is 5.55. The van der Waals surface area contributed by atoms with Gasteiger partial charge in [0.15, 0.2) is 0 Å². The van der Waals surface area contributed by atoms with E-state index in [1.165, 1.54) is 0 Å². The van der Waals surface area contributed by atoms with Crippen molar-refractivity contribution in [1.82, 2.24) is 15.5 Å². The van der Waals surface area contributed by atoms with E-state index in [0.29, 0.717) is 30.2 Å². The summed E-state index contributed by atoms with van der Waals surface area (Å²) >= 11 is 6.04. The van der Waals surface area contributed by atoms with Crippen LogP contribution in [0.3, 0.4) is 0 Å². The number of urea groups is 1. The van der Waals surface area contributed by atoms with Gasteiger partial charge in [0.2, 0.25) is 5.91 Å². The highest BCUT2D eigenvalue weighted by molar-refractivity contribution is 6.33. The molecule has 3 aliphatic rings. The highest BCUT2D eigenvalue weighted by Crippen LogP contribution is 2.44. The first-order valence-electron chi connectivity index (χ1n) is 8.37. The van der Waals surface area contributed by atoms with Crippen molar-refractivity contribution in [2.24, 2.45) is 5.92 Å². The maximum Gasteiger partial charge on any atom is 0.322 e. The van der Waals surface area contributed by atoms with E-state index in [0.717, 1.165) is 24.0 Å². The maximum absolute atomic E-state index is 12.6. The molecule has 1 atom stereocenters. The number of benzene rings is 1. The molecule has 2 fully saturated rings. The van der Waals surface area contributed by atoms with Crippen LogP contribution >= 0.6 is 11.6 Å². The number of nitrogens with one attached hydrogen (secondary N) is 2. The standard InChI is InChI=1S/C17H19ClN4O3/c18-12-5-9-7-22(8-10(9)6-13(12)19)14(23)3-4-17(11-1-2-11)15(24)20-16(25)21-17/h5-6,11H,1-4,7-8,19H2,(H2,20,21,24,25). The zero-order chi connectivity index (χ0) is 17.8. The summed E-state index contributed by atoms with van der Waals surface area (Å²) in [4.78, 5) is 38.1. The molecule has 1 aromatic carbocycles. The minimum Gasteiger partial charge on any atom is -0.398 e. The van der Waals surface area contributed by atoms with Gasteiger partial charge in [-0.05, 0) is 48.4 Å². The minimum atomic E-state index is -0.924. The molecule has 1 aliphatic carbocycles. The van der Waals surface area contributed by atoms with Gasteiger partial charge in [-0.25, -0.2) is 4.79 Å². The van der Waals surface area contributed by atoms with Crippen molar-refractivity contribution in [3.8, 4) is 0 Å². The Morgan fingerprint density at radius 2 is 1.96 bits per heavy atom. The molecule has 0 aromatic heterocycles. The largest absolute Gasteiger partial charge is 0.398 e. The van der Waals surface area contributed by atoms with Crippen LogP contribution in [0.1, 0.15) is 36.8 Å². The topological polar surface area (TPSA) is 105 Å². The highest BCUT2D eigenvalue weighted by atomic mass is 35.5. The van der Waals surface area contributed by atoms with Gasteiger partial charge in [-0.15, -0.1) is 0 Å². The Morgan fingerprint density at radius 1 is 1.28 bits per heavy atom. The summed E-state index contributed by atoms with van der Waals surface area (Å²) in [6.45, 7) is 0.980. The molecule has 1 saturated carbocycles. The Kier molecular flexibility index (Phi) is 3.64. The zero-order valence-corrected chi connectivity index (χ0v) is 14.4. The Hall–Kier alpha value is -2.28. The van der Waals surface area contributed by atoms with Gasteiger partial charge in [0.25, 0.3) is 5.91 Å². The Labute approximate surface area is 149 Å². The molecule has 132 valence electrons. The van der Waals surface area contributed by atoms with Crippen LogP contribution in [0, 0.1) is 5.92 Å². The molecular weight excluding hydrogens is 344 g/mol. The summed E-state index contributed by atoms with van der Waals surface area (Å²) in [6.07, 6.45) is 2.33. The first-order chi connectivity index (χ1) is 11.9. The number of nitrogen functional groups attached to an aromatic ring is 1. The van der Waals surface area contributed by atoms with E-state index in [1.807, 2.05) is 0 Å². The molecule has 4 N–H and O–H groups in total. The summed E-state index contributed by atoms with van der Waals surface area (Å²) in [5.41, 5.74) is 7.40.